The molecule has 1 aromatic carbocycles. The molecule has 0 aliphatic rings. The first kappa shape index (κ1) is 11.5. The van der Waals surface area contributed by atoms with Crippen LogP contribution in [0.2, 0.25) is 0 Å². The van der Waals surface area contributed by atoms with Gasteiger partial charge in [0.1, 0.15) is 23.7 Å². The number of carboxylic acid groups (broad SMARTS) is 1. The Bertz CT molecular complexity index is 351. The Morgan fingerprint density at radius 1 is 1.47 bits per heavy atom. The van der Waals surface area contributed by atoms with Crippen LogP contribution in [0, 0.1) is 5.82 Å². The van der Waals surface area contributed by atoms with Crippen LogP contribution < -0.4 is 4.74 Å². The van der Waals surface area contributed by atoms with Crippen LogP contribution in [0.25, 0.3) is 0 Å². The molecular weight excluding hydrogens is 203 g/mol. The fraction of sp³-hybridized carbons (Fsp3) is 0.300. The maximum absolute atomic E-state index is 12.8. The lowest BCUT2D eigenvalue weighted by Crippen LogP contribution is -2.08. The maximum Gasteiger partial charge on any atom is 0.339 e. The van der Waals surface area contributed by atoms with Gasteiger partial charge in [0.25, 0.3) is 0 Å². The standard InChI is InChI=1S/C10H11FO4/c1-14-4-5-15-9-6-7(11)2-3-8(9)10(12)13/h2-3,6H,4-5H2,1H3,(H,12,13). The molecule has 0 atom stereocenters. The van der Waals surface area contributed by atoms with Gasteiger partial charge in [0.05, 0.1) is 6.61 Å². The van der Waals surface area contributed by atoms with Crippen molar-refractivity contribution in [1.82, 2.24) is 0 Å². The van der Waals surface area contributed by atoms with E-state index in [1.807, 2.05) is 0 Å². The zero-order valence-electron chi connectivity index (χ0n) is 8.20. The van der Waals surface area contributed by atoms with Crippen molar-refractivity contribution >= 4 is 5.97 Å². The van der Waals surface area contributed by atoms with Gasteiger partial charge in [0.2, 0.25) is 0 Å². The molecule has 15 heavy (non-hydrogen) atoms. The first-order chi connectivity index (χ1) is 7.15. The predicted octanol–water partition coefficient (Wildman–Crippen LogP) is 1.55. The second-order valence-electron chi connectivity index (χ2n) is 2.79. The lowest BCUT2D eigenvalue weighted by Gasteiger charge is -2.08. The molecule has 0 saturated carbocycles. The molecule has 1 rings (SSSR count). The summed E-state index contributed by atoms with van der Waals surface area (Å²) in [6, 6.07) is 3.28. The summed E-state index contributed by atoms with van der Waals surface area (Å²) in [6.45, 7) is 0.496. The molecule has 0 amide bonds. The van der Waals surface area contributed by atoms with Crippen molar-refractivity contribution in [2.75, 3.05) is 20.3 Å². The summed E-state index contributed by atoms with van der Waals surface area (Å²) in [5, 5.41) is 8.78. The third-order valence-corrected chi connectivity index (χ3v) is 1.72. The highest BCUT2D eigenvalue weighted by molar-refractivity contribution is 5.90. The molecule has 0 saturated heterocycles. The summed E-state index contributed by atoms with van der Waals surface area (Å²) in [5.74, 6) is -1.67. The molecular formula is C10H11FO4. The minimum atomic E-state index is -1.15. The Morgan fingerprint density at radius 2 is 2.20 bits per heavy atom. The van der Waals surface area contributed by atoms with Gasteiger partial charge < -0.3 is 14.6 Å². The van der Waals surface area contributed by atoms with Gasteiger partial charge in [0, 0.05) is 13.2 Å². The predicted molar refractivity (Wildman–Crippen MR) is 50.7 cm³/mol. The van der Waals surface area contributed by atoms with Crippen LogP contribution in [0.1, 0.15) is 10.4 Å². The van der Waals surface area contributed by atoms with E-state index in [1.165, 1.54) is 13.2 Å². The highest BCUT2D eigenvalue weighted by Gasteiger charge is 2.11. The second kappa shape index (κ2) is 5.31. The first-order valence-electron chi connectivity index (χ1n) is 4.29. The molecule has 5 heteroatoms. The Hall–Kier alpha value is -1.62. The summed E-state index contributed by atoms with van der Waals surface area (Å²) >= 11 is 0. The summed E-state index contributed by atoms with van der Waals surface area (Å²) in [4.78, 5) is 10.7. The van der Waals surface area contributed by atoms with Gasteiger partial charge in [-0.05, 0) is 12.1 Å². The van der Waals surface area contributed by atoms with E-state index < -0.39 is 11.8 Å². The Labute approximate surface area is 86.2 Å². The summed E-state index contributed by atoms with van der Waals surface area (Å²) < 4.78 is 22.6. The van der Waals surface area contributed by atoms with E-state index in [-0.39, 0.29) is 17.9 Å². The molecule has 0 heterocycles. The largest absolute Gasteiger partial charge is 0.490 e. The number of ether oxygens (including phenoxy) is 2. The van der Waals surface area contributed by atoms with Crippen molar-refractivity contribution in [3.8, 4) is 5.75 Å². The monoisotopic (exact) mass is 214 g/mol. The molecule has 0 unspecified atom stereocenters. The van der Waals surface area contributed by atoms with Crippen molar-refractivity contribution in [3.63, 3.8) is 0 Å². The number of hydrogen-bond donors (Lipinski definition) is 1. The molecule has 0 radical (unpaired) electrons. The number of methoxy groups -OCH3 is 1. The Kier molecular flexibility index (Phi) is 4.05. The van der Waals surface area contributed by atoms with Crippen LogP contribution in [0.15, 0.2) is 18.2 Å². The minimum Gasteiger partial charge on any atom is -0.490 e. The lowest BCUT2D eigenvalue weighted by atomic mass is 10.2. The highest BCUT2D eigenvalue weighted by Crippen LogP contribution is 2.19. The van der Waals surface area contributed by atoms with Crippen molar-refractivity contribution in [2.45, 2.75) is 0 Å². The van der Waals surface area contributed by atoms with Crippen LogP contribution in [-0.2, 0) is 4.74 Å². The van der Waals surface area contributed by atoms with Gasteiger partial charge in [-0.25, -0.2) is 9.18 Å². The average Bonchev–Trinajstić information content (AvgIpc) is 2.18. The lowest BCUT2D eigenvalue weighted by molar-refractivity contribution is 0.0689. The van der Waals surface area contributed by atoms with E-state index in [1.54, 1.807) is 0 Å². The van der Waals surface area contributed by atoms with Crippen molar-refractivity contribution in [3.05, 3.63) is 29.6 Å². The number of carbonyl (C=O) groups is 1. The van der Waals surface area contributed by atoms with E-state index in [0.717, 1.165) is 12.1 Å². The van der Waals surface area contributed by atoms with Gasteiger partial charge in [-0.1, -0.05) is 0 Å². The first-order valence-corrected chi connectivity index (χ1v) is 4.29. The van der Waals surface area contributed by atoms with Crippen molar-refractivity contribution in [1.29, 1.82) is 0 Å². The van der Waals surface area contributed by atoms with E-state index in [9.17, 15) is 9.18 Å². The molecule has 82 valence electrons. The molecule has 4 nitrogen and oxygen atoms in total. The molecule has 0 spiro atoms. The maximum atomic E-state index is 12.8. The van der Waals surface area contributed by atoms with Gasteiger partial charge >= 0.3 is 5.97 Å². The summed E-state index contributed by atoms with van der Waals surface area (Å²) in [6.07, 6.45) is 0. The van der Waals surface area contributed by atoms with E-state index in [2.05, 4.69) is 0 Å². The normalized spacial score (nSPS) is 10.0. The SMILES string of the molecule is COCCOc1cc(F)ccc1C(=O)O. The Morgan fingerprint density at radius 3 is 2.80 bits per heavy atom. The fourth-order valence-electron chi connectivity index (χ4n) is 1.03. The van der Waals surface area contributed by atoms with Crippen LogP contribution in [-0.4, -0.2) is 31.4 Å². The minimum absolute atomic E-state index is 0.0135. The Balaban J connectivity index is 2.82. The average molecular weight is 214 g/mol. The van der Waals surface area contributed by atoms with Gasteiger partial charge in [-0.3, -0.25) is 0 Å². The van der Waals surface area contributed by atoms with Crippen LogP contribution in [0.5, 0.6) is 5.75 Å². The third kappa shape index (κ3) is 3.21. The van der Waals surface area contributed by atoms with Crippen molar-refractivity contribution < 1.29 is 23.8 Å². The van der Waals surface area contributed by atoms with E-state index >= 15 is 0 Å². The molecule has 1 aromatic rings. The van der Waals surface area contributed by atoms with Crippen LogP contribution in [0.4, 0.5) is 4.39 Å². The van der Waals surface area contributed by atoms with Gasteiger partial charge in [0.15, 0.2) is 0 Å². The van der Waals surface area contributed by atoms with Gasteiger partial charge in [-0.15, -0.1) is 0 Å². The molecule has 0 bridgehead atoms. The highest BCUT2D eigenvalue weighted by atomic mass is 19.1. The topological polar surface area (TPSA) is 55.8 Å². The third-order valence-electron chi connectivity index (χ3n) is 1.72. The number of aromatic carboxylic acids is 1. The van der Waals surface area contributed by atoms with E-state index in [0.29, 0.717) is 6.61 Å². The second-order valence-corrected chi connectivity index (χ2v) is 2.79. The number of rotatable bonds is 5. The summed E-state index contributed by atoms with van der Waals surface area (Å²) in [5.41, 5.74) is -0.0625. The summed E-state index contributed by atoms with van der Waals surface area (Å²) in [7, 11) is 1.49. The number of benzene rings is 1. The molecule has 0 aromatic heterocycles. The molecule has 1 N–H and O–H groups in total. The number of hydrogen-bond acceptors (Lipinski definition) is 3. The zero-order chi connectivity index (χ0) is 11.3. The van der Waals surface area contributed by atoms with Crippen molar-refractivity contribution in [2.24, 2.45) is 0 Å². The van der Waals surface area contributed by atoms with Crippen LogP contribution >= 0.6 is 0 Å². The van der Waals surface area contributed by atoms with Gasteiger partial charge in [-0.2, -0.15) is 0 Å². The van der Waals surface area contributed by atoms with Crippen LogP contribution in [0.3, 0.4) is 0 Å². The van der Waals surface area contributed by atoms with E-state index in [4.69, 9.17) is 14.6 Å². The smallest absolute Gasteiger partial charge is 0.339 e. The molecule has 0 aliphatic carbocycles. The number of halogens is 1. The quantitative estimate of drug-likeness (QED) is 0.755. The molecule has 0 aliphatic heterocycles. The zero-order valence-corrected chi connectivity index (χ0v) is 8.20. The fourth-order valence-corrected chi connectivity index (χ4v) is 1.03. The number of carboxylic acids is 1. The molecule has 0 fully saturated rings.